The summed E-state index contributed by atoms with van der Waals surface area (Å²) in [5.74, 6) is -0.779. The van der Waals surface area contributed by atoms with E-state index in [4.69, 9.17) is 5.11 Å². The fourth-order valence-electron chi connectivity index (χ4n) is 1.97. The minimum atomic E-state index is -3.04. The Morgan fingerprint density at radius 2 is 2.19 bits per heavy atom. The maximum Gasteiger partial charge on any atom is 0.304 e. The van der Waals surface area contributed by atoms with Gasteiger partial charge in [-0.2, -0.15) is 0 Å². The molecule has 0 saturated carbocycles. The van der Waals surface area contributed by atoms with Gasteiger partial charge in [-0.05, 0) is 13.0 Å². The van der Waals surface area contributed by atoms with Crippen molar-refractivity contribution in [1.29, 1.82) is 0 Å². The van der Waals surface area contributed by atoms with Crippen LogP contribution in [0.25, 0.3) is 0 Å². The maximum absolute atomic E-state index is 11.4. The van der Waals surface area contributed by atoms with Crippen molar-refractivity contribution in [3.63, 3.8) is 0 Å². The van der Waals surface area contributed by atoms with Gasteiger partial charge in [-0.1, -0.05) is 13.3 Å². The predicted molar refractivity (Wildman–Crippen MR) is 61.2 cm³/mol. The molecule has 1 heterocycles. The second kappa shape index (κ2) is 5.63. The smallest absolute Gasteiger partial charge is 0.304 e. The van der Waals surface area contributed by atoms with Crippen molar-refractivity contribution in [2.75, 3.05) is 24.6 Å². The molecule has 1 saturated heterocycles. The van der Waals surface area contributed by atoms with Crippen molar-refractivity contribution in [2.45, 2.75) is 32.2 Å². The zero-order valence-corrected chi connectivity index (χ0v) is 10.4. The molecular weight excluding hydrogens is 230 g/mol. The molecule has 1 aliphatic rings. The summed E-state index contributed by atoms with van der Waals surface area (Å²) in [5.41, 5.74) is 0. The Morgan fingerprint density at radius 3 is 2.75 bits per heavy atom. The van der Waals surface area contributed by atoms with E-state index in [9.17, 15) is 13.2 Å². The van der Waals surface area contributed by atoms with E-state index in [0.717, 1.165) is 19.4 Å². The normalized spacial score (nSPS) is 25.4. The minimum absolute atomic E-state index is 0.0109. The van der Waals surface area contributed by atoms with Gasteiger partial charge < -0.3 is 5.11 Å². The molecule has 0 aromatic carbocycles. The van der Waals surface area contributed by atoms with E-state index in [-0.39, 0.29) is 24.0 Å². The Hall–Kier alpha value is -0.620. The monoisotopic (exact) mass is 249 g/mol. The van der Waals surface area contributed by atoms with Crippen LogP contribution in [0.5, 0.6) is 0 Å². The predicted octanol–water partition coefficient (Wildman–Crippen LogP) is 0.360. The van der Waals surface area contributed by atoms with Crippen LogP contribution in [-0.2, 0) is 14.6 Å². The molecule has 0 bridgehead atoms. The zero-order valence-electron chi connectivity index (χ0n) is 9.55. The molecule has 0 spiro atoms. The van der Waals surface area contributed by atoms with Gasteiger partial charge in [0.05, 0.1) is 17.9 Å². The third-order valence-electron chi connectivity index (χ3n) is 2.86. The highest BCUT2D eigenvalue weighted by Gasteiger charge is 2.31. The van der Waals surface area contributed by atoms with Gasteiger partial charge in [-0.3, -0.25) is 9.69 Å². The first-order valence-electron chi connectivity index (χ1n) is 5.61. The number of carboxylic acids is 1. The first-order chi connectivity index (χ1) is 7.44. The summed E-state index contributed by atoms with van der Waals surface area (Å²) < 4.78 is 22.9. The number of nitrogens with zero attached hydrogens (tertiary/aromatic N) is 1. The lowest BCUT2D eigenvalue weighted by Gasteiger charge is -2.34. The topological polar surface area (TPSA) is 74.7 Å². The fourth-order valence-corrected chi connectivity index (χ4v) is 3.56. The van der Waals surface area contributed by atoms with Crippen molar-refractivity contribution in [1.82, 2.24) is 4.90 Å². The number of carboxylic acid groups (broad SMARTS) is 1. The minimum Gasteiger partial charge on any atom is -0.481 e. The van der Waals surface area contributed by atoms with Crippen molar-refractivity contribution < 1.29 is 18.3 Å². The van der Waals surface area contributed by atoms with Crippen LogP contribution in [0.3, 0.4) is 0 Å². The molecule has 1 atom stereocenters. The van der Waals surface area contributed by atoms with Crippen LogP contribution in [0, 0.1) is 0 Å². The van der Waals surface area contributed by atoms with Gasteiger partial charge in [0.2, 0.25) is 0 Å². The van der Waals surface area contributed by atoms with Crippen LogP contribution < -0.4 is 0 Å². The Morgan fingerprint density at radius 1 is 1.50 bits per heavy atom. The SMILES string of the molecule is CCCCN1CCS(=O)(=O)CC1CC(=O)O. The Kier molecular flexibility index (Phi) is 4.73. The lowest BCUT2D eigenvalue weighted by atomic mass is 10.2. The van der Waals surface area contributed by atoms with Crippen LogP contribution in [0.1, 0.15) is 26.2 Å². The highest BCUT2D eigenvalue weighted by atomic mass is 32.2. The molecule has 5 nitrogen and oxygen atoms in total. The molecule has 1 rings (SSSR count). The molecule has 0 aromatic heterocycles. The van der Waals surface area contributed by atoms with Gasteiger partial charge in [0, 0.05) is 12.6 Å². The van der Waals surface area contributed by atoms with Crippen molar-refractivity contribution in [3.05, 3.63) is 0 Å². The summed E-state index contributed by atoms with van der Waals surface area (Å²) in [6.45, 7) is 3.33. The van der Waals surface area contributed by atoms with Crippen LogP contribution >= 0.6 is 0 Å². The van der Waals surface area contributed by atoms with Gasteiger partial charge in [0.1, 0.15) is 0 Å². The van der Waals surface area contributed by atoms with E-state index < -0.39 is 15.8 Å². The number of sulfone groups is 1. The van der Waals surface area contributed by atoms with Crippen LogP contribution in [0.15, 0.2) is 0 Å². The molecule has 16 heavy (non-hydrogen) atoms. The lowest BCUT2D eigenvalue weighted by Crippen LogP contribution is -2.49. The van der Waals surface area contributed by atoms with Crippen LogP contribution in [-0.4, -0.2) is 55.0 Å². The summed E-state index contributed by atoms with van der Waals surface area (Å²) in [4.78, 5) is 12.7. The van der Waals surface area contributed by atoms with Gasteiger partial charge in [0.25, 0.3) is 0 Å². The first-order valence-corrected chi connectivity index (χ1v) is 7.43. The summed E-state index contributed by atoms with van der Waals surface area (Å²) >= 11 is 0. The van der Waals surface area contributed by atoms with E-state index in [2.05, 4.69) is 6.92 Å². The molecule has 1 aliphatic heterocycles. The van der Waals surface area contributed by atoms with E-state index >= 15 is 0 Å². The first kappa shape index (κ1) is 13.4. The van der Waals surface area contributed by atoms with Gasteiger partial charge >= 0.3 is 5.97 Å². The number of carbonyl (C=O) groups is 1. The standard InChI is InChI=1S/C10H19NO4S/c1-2-3-4-11-5-6-16(14,15)8-9(11)7-10(12)13/h9H,2-8H2,1H3,(H,12,13). The van der Waals surface area contributed by atoms with E-state index in [1.165, 1.54) is 0 Å². The number of rotatable bonds is 5. The molecule has 1 fully saturated rings. The summed E-state index contributed by atoms with van der Waals surface area (Å²) in [5, 5.41) is 8.76. The summed E-state index contributed by atoms with van der Waals surface area (Å²) in [7, 11) is -3.04. The largest absolute Gasteiger partial charge is 0.481 e. The van der Waals surface area contributed by atoms with Crippen molar-refractivity contribution >= 4 is 15.8 Å². The molecule has 94 valence electrons. The Labute approximate surface area is 96.4 Å². The zero-order chi connectivity index (χ0) is 12.2. The molecule has 1 unspecified atom stereocenters. The highest BCUT2D eigenvalue weighted by molar-refractivity contribution is 7.91. The third kappa shape index (κ3) is 4.09. The quantitative estimate of drug-likeness (QED) is 0.761. The summed E-state index contributed by atoms with van der Waals surface area (Å²) in [6, 6.07) is -0.345. The molecule has 0 aliphatic carbocycles. The average Bonchev–Trinajstić information content (AvgIpc) is 2.14. The molecular formula is C10H19NO4S. The van der Waals surface area contributed by atoms with Crippen molar-refractivity contribution in [2.24, 2.45) is 0 Å². The van der Waals surface area contributed by atoms with E-state index in [1.807, 2.05) is 4.90 Å². The van der Waals surface area contributed by atoms with Crippen molar-refractivity contribution in [3.8, 4) is 0 Å². The molecule has 1 N–H and O–H groups in total. The van der Waals surface area contributed by atoms with Crippen LogP contribution in [0.4, 0.5) is 0 Å². The number of unbranched alkanes of at least 4 members (excludes halogenated alkanes) is 1. The second-order valence-electron chi connectivity index (χ2n) is 4.26. The molecule has 0 amide bonds. The molecule has 0 radical (unpaired) electrons. The highest BCUT2D eigenvalue weighted by Crippen LogP contribution is 2.15. The van der Waals surface area contributed by atoms with Gasteiger partial charge in [-0.15, -0.1) is 0 Å². The van der Waals surface area contributed by atoms with Crippen LogP contribution in [0.2, 0.25) is 0 Å². The second-order valence-corrected chi connectivity index (χ2v) is 6.48. The molecule has 6 heteroatoms. The van der Waals surface area contributed by atoms with E-state index in [0.29, 0.717) is 6.54 Å². The van der Waals surface area contributed by atoms with Gasteiger partial charge in [0.15, 0.2) is 9.84 Å². The average molecular weight is 249 g/mol. The lowest BCUT2D eigenvalue weighted by molar-refractivity contribution is -0.138. The maximum atomic E-state index is 11.4. The fraction of sp³-hybridized carbons (Fsp3) is 0.900. The molecule has 0 aromatic rings. The van der Waals surface area contributed by atoms with Gasteiger partial charge in [-0.25, -0.2) is 8.42 Å². The Balaban J connectivity index is 2.64. The third-order valence-corrected chi connectivity index (χ3v) is 4.56. The number of hydrogen-bond donors (Lipinski definition) is 1. The number of hydrogen-bond acceptors (Lipinski definition) is 4. The Bertz CT molecular complexity index is 339. The number of aliphatic carboxylic acids is 1. The van der Waals surface area contributed by atoms with E-state index in [1.54, 1.807) is 0 Å². The summed E-state index contributed by atoms with van der Waals surface area (Å²) in [6.07, 6.45) is 1.93.